The van der Waals surface area contributed by atoms with E-state index in [4.69, 9.17) is 4.74 Å². The maximum Gasteiger partial charge on any atom is 0.185 e. The molecular formula is C13H23N3OS. The van der Waals surface area contributed by atoms with Crippen molar-refractivity contribution in [3.05, 3.63) is 10.6 Å². The molecule has 102 valence electrons. The summed E-state index contributed by atoms with van der Waals surface area (Å²) in [6, 6.07) is 0. The summed E-state index contributed by atoms with van der Waals surface area (Å²) < 4.78 is 5.37. The van der Waals surface area contributed by atoms with Crippen molar-refractivity contribution in [2.75, 3.05) is 31.2 Å². The molecule has 1 saturated heterocycles. The third-order valence-corrected chi connectivity index (χ3v) is 4.16. The van der Waals surface area contributed by atoms with Crippen LogP contribution in [0.4, 0.5) is 5.13 Å². The number of nitrogens with zero attached hydrogens (tertiary/aromatic N) is 2. The van der Waals surface area contributed by atoms with Gasteiger partial charge in [0.15, 0.2) is 5.13 Å². The van der Waals surface area contributed by atoms with Gasteiger partial charge in [0.25, 0.3) is 0 Å². The van der Waals surface area contributed by atoms with Gasteiger partial charge in [-0.3, -0.25) is 0 Å². The van der Waals surface area contributed by atoms with Gasteiger partial charge in [-0.25, -0.2) is 4.98 Å². The maximum absolute atomic E-state index is 5.37. The number of hydrogen-bond donors (Lipinski definition) is 1. The van der Waals surface area contributed by atoms with Crippen molar-refractivity contribution in [3.63, 3.8) is 0 Å². The Morgan fingerprint density at radius 1 is 1.33 bits per heavy atom. The molecule has 1 aromatic rings. The van der Waals surface area contributed by atoms with Crippen LogP contribution in [0.15, 0.2) is 0 Å². The van der Waals surface area contributed by atoms with Gasteiger partial charge in [0.2, 0.25) is 0 Å². The lowest BCUT2D eigenvalue weighted by molar-refractivity contribution is 0.122. The molecule has 0 aliphatic carbocycles. The van der Waals surface area contributed by atoms with E-state index in [2.05, 4.69) is 42.9 Å². The fourth-order valence-electron chi connectivity index (χ4n) is 1.81. The van der Waals surface area contributed by atoms with Crippen molar-refractivity contribution < 1.29 is 4.74 Å². The molecule has 18 heavy (non-hydrogen) atoms. The molecule has 1 fully saturated rings. The Balaban J connectivity index is 2.02. The van der Waals surface area contributed by atoms with Crippen molar-refractivity contribution in [3.8, 4) is 0 Å². The number of anilines is 1. The molecule has 0 spiro atoms. The predicted octanol–water partition coefficient (Wildman–Crippen LogP) is 2.18. The minimum absolute atomic E-state index is 0.148. The summed E-state index contributed by atoms with van der Waals surface area (Å²) in [5, 5.41) is 4.66. The quantitative estimate of drug-likeness (QED) is 0.912. The molecule has 2 rings (SSSR count). The Hall–Kier alpha value is -0.650. The summed E-state index contributed by atoms with van der Waals surface area (Å²) >= 11 is 1.80. The number of thiazole rings is 1. The predicted molar refractivity (Wildman–Crippen MR) is 76.5 cm³/mol. The molecule has 4 nitrogen and oxygen atoms in total. The zero-order chi connectivity index (χ0) is 13.2. The number of hydrogen-bond acceptors (Lipinski definition) is 5. The number of aromatic nitrogens is 1. The van der Waals surface area contributed by atoms with E-state index < -0.39 is 0 Å². The first-order chi connectivity index (χ1) is 8.46. The van der Waals surface area contributed by atoms with E-state index in [-0.39, 0.29) is 5.54 Å². The SMILES string of the molecule is Cc1nc(N2CCOCC2)sc1CNC(C)(C)C. The van der Waals surface area contributed by atoms with E-state index in [9.17, 15) is 0 Å². The Morgan fingerprint density at radius 3 is 2.61 bits per heavy atom. The molecule has 0 unspecified atom stereocenters. The average Bonchev–Trinajstić information content (AvgIpc) is 2.68. The molecule has 2 heterocycles. The van der Waals surface area contributed by atoms with Crippen LogP contribution in [0.2, 0.25) is 0 Å². The molecular weight excluding hydrogens is 246 g/mol. The van der Waals surface area contributed by atoms with Gasteiger partial charge in [0, 0.05) is 30.1 Å². The topological polar surface area (TPSA) is 37.4 Å². The van der Waals surface area contributed by atoms with Gasteiger partial charge >= 0.3 is 0 Å². The Kier molecular flexibility index (Phi) is 4.25. The Bertz CT molecular complexity index is 391. The zero-order valence-corrected chi connectivity index (χ0v) is 12.6. The standard InChI is InChI=1S/C13H23N3OS/c1-10-11(9-14-13(2,3)4)18-12(15-10)16-5-7-17-8-6-16/h14H,5-9H2,1-4H3. The highest BCUT2D eigenvalue weighted by Gasteiger charge is 2.17. The van der Waals surface area contributed by atoms with E-state index in [1.54, 1.807) is 11.3 Å². The van der Waals surface area contributed by atoms with E-state index in [0.29, 0.717) is 0 Å². The normalized spacial score (nSPS) is 17.2. The zero-order valence-electron chi connectivity index (χ0n) is 11.7. The van der Waals surface area contributed by atoms with Gasteiger partial charge in [0.1, 0.15) is 0 Å². The van der Waals surface area contributed by atoms with Crippen molar-refractivity contribution in [2.24, 2.45) is 0 Å². The number of ether oxygens (including phenoxy) is 1. The number of aryl methyl sites for hydroxylation is 1. The number of morpholine rings is 1. The van der Waals surface area contributed by atoms with E-state index >= 15 is 0 Å². The maximum atomic E-state index is 5.37. The highest BCUT2D eigenvalue weighted by molar-refractivity contribution is 7.15. The molecule has 1 N–H and O–H groups in total. The van der Waals surface area contributed by atoms with Crippen LogP contribution < -0.4 is 10.2 Å². The summed E-state index contributed by atoms with van der Waals surface area (Å²) in [5.41, 5.74) is 1.30. The molecule has 1 aliphatic heterocycles. The second kappa shape index (κ2) is 5.55. The summed E-state index contributed by atoms with van der Waals surface area (Å²) in [6.45, 7) is 13.1. The van der Waals surface area contributed by atoms with Gasteiger partial charge in [0.05, 0.1) is 18.9 Å². The lowest BCUT2D eigenvalue weighted by Gasteiger charge is -2.26. The van der Waals surface area contributed by atoms with Gasteiger partial charge in [-0.2, -0.15) is 0 Å². The van der Waals surface area contributed by atoms with Crippen LogP contribution in [0.5, 0.6) is 0 Å². The first-order valence-electron chi connectivity index (χ1n) is 6.50. The summed E-state index contributed by atoms with van der Waals surface area (Å²) in [7, 11) is 0. The highest BCUT2D eigenvalue weighted by Crippen LogP contribution is 2.26. The van der Waals surface area contributed by atoms with Crippen LogP contribution in [-0.4, -0.2) is 36.8 Å². The van der Waals surface area contributed by atoms with Crippen LogP contribution in [0, 0.1) is 6.92 Å². The van der Waals surface area contributed by atoms with Gasteiger partial charge in [-0.15, -0.1) is 11.3 Å². The summed E-state index contributed by atoms with van der Waals surface area (Å²) in [5.74, 6) is 0. The molecule has 0 aromatic carbocycles. The summed E-state index contributed by atoms with van der Waals surface area (Å²) in [6.07, 6.45) is 0. The van der Waals surface area contributed by atoms with E-state index in [1.807, 2.05) is 0 Å². The molecule has 0 radical (unpaired) electrons. The highest BCUT2D eigenvalue weighted by atomic mass is 32.1. The lowest BCUT2D eigenvalue weighted by atomic mass is 10.1. The minimum Gasteiger partial charge on any atom is -0.378 e. The van der Waals surface area contributed by atoms with Crippen LogP contribution in [0.1, 0.15) is 31.3 Å². The Labute approximate surface area is 113 Å². The average molecular weight is 269 g/mol. The van der Waals surface area contributed by atoms with Gasteiger partial charge in [-0.1, -0.05) is 0 Å². The molecule has 0 amide bonds. The second-order valence-corrected chi connectivity index (χ2v) is 6.77. The molecule has 0 saturated carbocycles. The van der Waals surface area contributed by atoms with Gasteiger partial charge in [-0.05, 0) is 27.7 Å². The first-order valence-corrected chi connectivity index (χ1v) is 7.31. The Morgan fingerprint density at radius 2 is 2.00 bits per heavy atom. The second-order valence-electron chi connectivity index (χ2n) is 5.71. The molecule has 5 heteroatoms. The fraction of sp³-hybridized carbons (Fsp3) is 0.769. The van der Waals surface area contributed by atoms with Crippen LogP contribution in [-0.2, 0) is 11.3 Å². The number of nitrogens with one attached hydrogen (secondary N) is 1. The third-order valence-electron chi connectivity index (χ3n) is 2.94. The van der Waals surface area contributed by atoms with E-state index in [0.717, 1.165) is 43.7 Å². The monoisotopic (exact) mass is 269 g/mol. The largest absolute Gasteiger partial charge is 0.378 e. The third kappa shape index (κ3) is 3.67. The van der Waals surface area contributed by atoms with Crippen molar-refractivity contribution >= 4 is 16.5 Å². The smallest absolute Gasteiger partial charge is 0.185 e. The van der Waals surface area contributed by atoms with E-state index in [1.165, 1.54) is 4.88 Å². The van der Waals surface area contributed by atoms with Crippen molar-refractivity contribution in [1.82, 2.24) is 10.3 Å². The fourth-order valence-corrected chi connectivity index (χ4v) is 2.86. The van der Waals surface area contributed by atoms with Crippen molar-refractivity contribution in [1.29, 1.82) is 0 Å². The van der Waals surface area contributed by atoms with Crippen LogP contribution in [0.3, 0.4) is 0 Å². The summed E-state index contributed by atoms with van der Waals surface area (Å²) in [4.78, 5) is 8.34. The molecule has 1 aromatic heterocycles. The first kappa shape index (κ1) is 13.8. The van der Waals surface area contributed by atoms with Gasteiger partial charge < -0.3 is 15.0 Å². The van der Waals surface area contributed by atoms with Crippen molar-refractivity contribution in [2.45, 2.75) is 39.8 Å². The molecule has 0 atom stereocenters. The lowest BCUT2D eigenvalue weighted by Crippen LogP contribution is -2.36. The number of rotatable bonds is 3. The molecule has 0 bridgehead atoms. The minimum atomic E-state index is 0.148. The van der Waals surface area contributed by atoms with Crippen LogP contribution in [0.25, 0.3) is 0 Å². The molecule has 1 aliphatic rings. The van der Waals surface area contributed by atoms with Crippen LogP contribution >= 0.6 is 11.3 Å².